The molecule has 2 nitrogen and oxygen atoms in total. The van der Waals surface area contributed by atoms with Crippen LogP contribution in [0.15, 0.2) is 261 Å². The Labute approximate surface area is 430 Å². The van der Waals surface area contributed by atoms with Crippen molar-refractivity contribution < 1.29 is 0 Å². The van der Waals surface area contributed by atoms with E-state index in [1.807, 2.05) is 0 Å². The molecule has 13 aromatic rings. The van der Waals surface area contributed by atoms with E-state index in [0.29, 0.717) is 0 Å². The molecule has 0 radical (unpaired) electrons. The summed E-state index contributed by atoms with van der Waals surface area (Å²) in [5, 5.41) is 4.96. The summed E-state index contributed by atoms with van der Waals surface area (Å²) in [6.07, 6.45) is 0. The van der Waals surface area contributed by atoms with E-state index in [9.17, 15) is 0 Å². The van der Waals surface area contributed by atoms with Gasteiger partial charge in [-0.25, -0.2) is 4.98 Å². The van der Waals surface area contributed by atoms with E-state index in [4.69, 9.17) is 4.98 Å². The highest BCUT2D eigenvalue weighted by atomic mass is 15.1. The maximum atomic E-state index is 5.01. The van der Waals surface area contributed by atoms with E-state index >= 15 is 0 Å². The number of benzene rings is 12. The van der Waals surface area contributed by atoms with Crippen molar-refractivity contribution >= 4 is 32.6 Å². The second-order valence-corrected chi connectivity index (χ2v) is 20.5. The molecule has 0 atom stereocenters. The number of para-hydroxylation sites is 2. The van der Waals surface area contributed by atoms with Gasteiger partial charge in [-0.15, -0.1) is 0 Å². The van der Waals surface area contributed by atoms with Crippen LogP contribution in [0.3, 0.4) is 0 Å². The van der Waals surface area contributed by atoms with Crippen molar-refractivity contribution in [3.63, 3.8) is 0 Å². The minimum Gasteiger partial charge on any atom is -0.327 e. The highest BCUT2D eigenvalue weighted by Gasteiger charge is 2.59. The number of nitrogens with zero attached hydrogens (tertiary/aromatic N) is 2. The Morgan fingerprint density at radius 2 is 0.622 bits per heavy atom. The number of imidazole rings is 1. The molecule has 16 rings (SSSR count). The summed E-state index contributed by atoms with van der Waals surface area (Å²) >= 11 is 0. The molecule has 0 N–H and O–H groups in total. The van der Waals surface area contributed by atoms with Gasteiger partial charge in [-0.3, -0.25) is 0 Å². The van der Waals surface area contributed by atoms with Gasteiger partial charge in [0, 0.05) is 12.6 Å². The third-order valence-corrected chi connectivity index (χ3v) is 17.1. The standard InChI is InChI=1S/C72H46N2/c1-74-67-33-17-16-32-66(67)73-70(74)48-40-38-47(39-41-48)69-56-24-4-2-22-54(56)68(55-23-3-5-25-57(55)69)46-36-34-45(35-37-46)49-42-43-64-65(44-49)72(60-28-12-8-20-52(60)53-21-9-13-29-61(53)72)63-31-15-14-30-62(63)71(64)58-26-10-6-18-50(58)51-19-7-11-27-59(51)71/h2-44H,1H3. The first-order valence-electron chi connectivity index (χ1n) is 25.8. The quantitative estimate of drug-likeness (QED) is 0.161. The van der Waals surface area contributed by atoms with Gasteiger partial charge < -0.3 is 4.57 Å². The van der Waals surface area contributed by atoms with Gasteiger partial charge in [0.05, 0.1) is 21.9 Å². The average molecular weight is 939 g/mol. The second-order valence-electron chi connectivity index (χ2n) is 20.5. The normalized spacial score (nSPS) is 14.0. The van der Waals surface area contributed by atoms with E-state index < -0.39 is 10.8 Å². The minimum atomic E-state index is -0.542. The Morgan fingerprint density at radius 3 is 1.08 bits per heavy atom. The molecule has 0 bridgehead atoms. The molecule has 1 heterocycles. The first-order chi connectivity index (χ1) is 36.6. The lowest BCUT2D eigenvalue weighted by Gasteiger charge is -2.49. The number of hydrogen-bond acceptors (Lipinski definition) is 1. The Bertz CT molecular complexity index is 4350. The van der Waals surface area contributed by atoms with E-state index in [1.54, 1.807) is 0 Å². The number of aromatic nitrogens is 2. The van der Waals surface area contributed by atoms with Gasteiger partial charge in [-0.2, -0.15) is 0 Å². The monoisotopic (exact) mass is 938 g/mol. The van der Waals surface area contributed by atoms with Gasteiger partial charge in [-0.05, 0) is 140 Å². The third kappa shape index (κ3) is 5.31. The number of fused-ring (bicyclic) bond motifs is 19. The lowest BCUT2D eigenvalue weighted by atomic mass is 9.52. The van der Waals surface area contributed by atoms with Gasteiger partial charge in [0.2, 0.25) is 0 Å². The van der Waals surface area contributed by atoms with Crippen LogP contribution in [0.1, 0.15) is 44.5 Å². The lowest BCUT2D eigenvalue weighted by molar-refractivity contribution is 0.633. The van der Waals surface area contributed by atoms with Crippen LogP contribution in [-0.2, 0) is 17.9 Å². The molecule has 0 aliphatic heterocycles. The summed E-state index contributed by atoms with van der Waals surface area (Å²) in [6, 6.07) is 98.1. The van der Waals surface area contributed by atoms with Crippen molar-refractivity contribution in [1.82, 2.24) is 9.55 Å². The van der Waals surface area contributed by atoms with Crippen LogP contribution in [0.4, 0.5) is 0 Å². The van der Waals surface area contributed by atoms with Crippen LogP contribution in [0, 0.1) is 0 Å². The van der Waals surface area contributed by atoms with E-state index in [1.165, 1.54) is 122 Å². The molecule has 2 heteroatoms. The molecule has 2 spiro atoms. The Kier molecular flexibility index (Phi) is 8.54. The SMILES string of the molecule is Cn1c(-c2ccc(-c3c4ccccc4c(-c4ccc(-c5ccc6c(c5)C5(c7ccccc7-c7ccccc75)c5ccccc5C65c6ccccc6-c6ccccc65)cc4)c4ccccc34)cc2)nc2ccccc21. The van der Waals surface area contributed by atoms with Crippen LogP contribution in [0.2, 0.25) is 0 Å². The highest BCUT2D eigenvalue weighted by Crippen LogP contribution is 2.67. The van der Waals surface area contributed by atoms with Crippen molar-refractivity contribution in [2.24, 2.45) is 7.05 Å². The summed E-state index contributed by atoms with van der Waals surface area (Å²) in [5.41, 5.74) is 25.5. The maximum Gasteiger partial charge on any atom is 0.140 e. The van der Waals surface area contributed by atoms with Gasteiger partial charge >= 0.3 is 0 Å². The Balaban J connectivity index is 0.879. The maximum absolute atomic E-state index is 5.01. The summed E-state index contributed by atoms with van der Waals surface area (Å²) in [4.78, 5) is 5.01. The van der Waals surface area contributed by atoms with Crippen molar-refractivity contribution in [3.05, 3.63) is 305 Å². The fourth-order valence-electron chi connectivity index (χ4n) is 14.2. The molecule has 0 fully saturated rings. The Hall–Kier alpha value is -9.37. The van der Waals surface area contributed by atoms with Crippen molar-refractivity contribution in [1.29, 1.82) is 0 Å². The number of rotatable bonds is 4. The lowest BCUT2D eigenvalue weighted by Crippen LogP contribution is -2.43. The van der Waals surface area contributed by atoms with Gasteiger partial charge in [0.1, 0.15) is 5.82 Å². The minimum absolute atomic E-state index is 0.510. The molecule has 3 aliphatic rings. The van der Waals surface area contributed by atoms with Gasteiger partial charge in [0.15, 0.2) is 0 Å². The molecule has 0 unspecified atom stereocenters. The number of aryl methyl sites for hydroxylation is 1. The molecule has 12 aromatic carbocycles. The van der Waals surface area contributed by atoms with Gasteiger partial charge in [0.25, 0.3) is 0 Å². The predicted octanol–water partition coefficient (Wildman–Crippen LogP) is 17.6. The van der Waals surface area contributed by atoms with Crippen molar-refractivity contribution in [2.45, 2.75) is 10.8 Å². The zero-order valence-electron chi connectivity index (χ0n) is 40.7. The summed E-state index contributed by atoms with van der Waals surface area (Å²) in [5.74, 6) is 0.968. The van der Waals surface area contributed by atoms with Crippen LogP contribution in [0.5, 0.6) is 0 Å². The van der Waals surface area contributed by atoms with E-state index in [2.05, 4.69) is 272 Å². The highest BCUT2D eigenvalue weighted by molar-refractivity contribution is 6.21. The molecular formula is C72H46N2. The fourth-order valence-corrected chi connectivity index (χ4v) is 14.2. The zero-order valence-corrected chi connectivity index (χ0v) is 40.7. The van der Waals surface area contributed by atoms with Crippen molar-refractivity contribution in [3.8, 4) is 67.0 Å². The van der Waals surface area contributed by atoms with Crippen LogP contribution >= 0.6 is 0 Å². The zero-order chi connectivity index (χ0) is 48.7. The van der Waals surface area contributed by atoms with E-state index in [-0.39, 0.29) is 0 Å². The smallest absolute Gasteiger partial charge is 0.140 e. The van der Waals surface area contributed by atoms with E-state index in [0.717, 1.165) is 22.4 Å². The average Bonchev–Trinajstić information content (AvgIpc) is 4.08. The molecule has 0 saturated carbocycles. The summed E-state index contributed by atoms with van der Waals surface area (Å²) in [6.45, 7) is 0. The number of hydrogen-bond donors (Lipinski definition) is 0. The first-order valence-corrected chi connectivity index (χ1v) is 25.8. The fraction of sp³-hybridized carbons (Fsp3) is 0.0417. The Morgan fingerprint density at radius 1 is 0.284 bits per heavy atom. The third-order valence-electron chi connectivity index (χ3n) is 17.1. The molecule has 1 aromatic heterocycles. The molecule has 3 aliphatic carbocycles. The molecule has 74 heavy (non-hydrogen) atoms. The predicted molar refractivity (Wildman–Crippen MR) is 306 cm³/mol. The molecule has 344 valence electrons. The summed E-state index contributed by atoms with van der Waals surface area (Å²) in [7, 11) is 2.10. The topological polar surface area (TPSA) is 17.8 Å². The molecule has 0 saturated heterocycles. The van der Waals surface area contributed by atoms with Gasteiger partial charge in [-0.1, -0.05) is 243 Å². The van der Waals surface area contributed by atoms with Crippen LogP contribution in [0.25, 0.3) is 99.6 Å². The first kappa shape index (κ1) is 41.3. The summed E-state index contributed by atoms with van der Waals surface area (Å²) < 4.78 is 2.19. The van der Waals surface area contributed by atoms with Crippen LogP contribution < -0.4 is 0 Å². The molecular weight excluding hydrogens is 893 g/mol. The second kappa shape index (κ2) is 15.3. The van der Waals surface area contributed by atoms with Crippen molar-refractivity contribution in [2.75, 3.05) is 0 Å². The van der Waals surface area contributed by atoms with Crippen LogP contribution in [-0.4, -0.2) is 9.55 Å². The molecule has 0 amide bonds. The largest absolute Gasteiger partial charge is 0.327 e.